The SMILES string of the molecule is Cc1cncc(N2CCC(Nc3ccnc(N4CCOCC4)n3)C2)n1. The molecule has 132 valence electrons. The highest BCUT2D eigenvalue weighted by atomic mass is 16.5. The van der Waals surface area contributed by atoms with E-state index in [1.807, 2.05) is 25.4 Å². The van der Waals surface area contributed by atoms with Crippen molar-refractivity contribution in [2.75, 3.05) is 54.5 Å². The van der Waals surface area contributed by atoms with Crippen LogP contribution in [0.4, 0.5) is 17.6 Å². The second-order valence-corrected chi connectivity index (χ2v) is 6.44. The van der Waals surface area contributed by atoms with Gasteiger partial charge >= 0.3 is 0 Å². The van der Waals surface area contributed by atoms with Crippen LogP contribution in [0.1, 0.15) is 12.1 Å². The summed E-state index contributed by atoms with van der Waals surface area (Å²) in [7, 11) is 0. The second kappa shape index (κ2) is 7.18. The predicted molar refractivity (Wildman–Crippen MR) is 96.1 cm³/mol. The van der Waals surface area contributed by atoms with E-state index in [-0.39, 0.29) is 0 Å². The van der Waals surface area contributed by atoms with Crippen molar-refractivity contribution in [3.63, 3.8) is 0 Å². The van der Waals surface area contributed by atoms with Crippen LogP contribution in [-0.4, -0.2) is 65.4 Å². The summed E-state index contributed by atoms with van der Waals surface area (Å²) in [6.45, 7) is 6.98. The Morgan fingerprint density at radius 1 is 1.12 bits per heavy atom. The Kier molecular flexibility index (Phi) is 4.60. The van der Waals surface area contributed by atoms with Crippen molar-refractivity contribution in [2.24, 2.45) is 0 Å². The van der Waals surface area contributed by atoms with Crippen LogP contribution in [-0.2, 0) is 4.74 Å². The zero-order valence-electron chi connectivity index (χ0n) is 14.4. The summed E-state index contributed by atoms with van der Waals surface area (Å²) in [6.07, 6.45) is 6.48. The maximum Gasteiger partial charge on any atom is 0.227 e. The molecule has 4 rings (SSSR count). The monoisotopic (exact) mass is 341 g/mol. The van der Waals surface area contributed by atoms with Gasteiger partial charge in [0.15, 0.2) is 0 Å². The molecule has 0 radical (unpaired) electrons. The van der Waals surface area contributed by atoms with E-state index in [9.17, 15) is 0 Å². The molecule has 1 atom stereocenters. The number of rotatable bonds is 4. The van der Waals surface area contributed by atoms with E-state index in [1.54, 1.807) is 6.20 Å². The summed E-state index contributed by atoms with van der Waals surface area (Å²) in [6, 6.07) is 2.27. The summed E-state index contributed by atoms with van der Waals surface area (Å²) in [5.74, 6) is 2.59. The van der Waals surface area contributed by atoms with Crippen LogP contribution in [0.2, 0.25) is 0 Å². The van der Waals surface area contributed by atoms with Gasteiger partial charge in [0.2, 0.25) is 5.95 Å². The molecule has 2 fully saturated rings. The molecule has 8 heteroatoms. The summed E-state index contributed by atoms with van der Waals surface area (Å²) in [5.41, 5.74) is 0.944. The second-order valence-electron chi connectivity index (χ2n) is 6.44. The Morgan fingerprint density at radius 2 is 2.00 bits per heavy atom. The first-order chi connectivity index (χ1) is 12.3. The summed E-state index contributed by atoms with van der Waals surface area (Å²) in [4.78, 5) is 22.3. The predicted octanol–water partition coefficient (Wildman–Crippen LogP) is 1.10. The van der Waals surface area contributed by atoms with Crippen molar-refractivity contribution in [1.82, 2.24) is 19.9 Å². The molecule has 0 spiro atoms. The number of morpholine rings is 1. The number of hydrogen-bond acceptors (Lipinski definition) is 8. The Morgan fingerprint density at radius 3 is 2.84 bits per heavy atom. The van der Waals surface area contributed by atoms with Gasteiger partial charge in [-0.3, -0.25) is 4.98 Å². The van der Waals surface area contributed by atoms with Gasteiger partial charge in [0, 0.05) is 44.6 Å². The van der Waals surface area contributed by atoms with Gasteiger partial charge in [-0.2, -0.15) is 4.98 Å². The molecular formula is C17H23N7O. The van der Waals surface area contributed by atoms with Gasteiger partial charge in [-0.25, -0.2) is 9.97 Å². The maximum atomic E-state index is 5.39. The Balaban J connectivity index is 1.39. The van der Waals surface area contributed by atoms with Crippen molar-refractivity contribution in [2.45, 2.75) is 19.4 Å². The van der Waals surface area contributed by atoms with Gasteiger partial charge in [0.25, 0.3) is 0 Å². The smallest absolute Gasteiger partial charge is 0.227 e. The summed E-state index contributed by atoms with van der Waals surface area (Å²) >= 11 is 0. The minimum atomic E-state index is 0.342. The lowest BCUT2D eigenvalue weighted by Gasteiger charge is -2.27. The van der Waals surface area contributed by atoms with Gasteiger partial charge in [-0.05, 0) is 19.4 Å². The zero-order valence-corrected chi connectivity index (χ0v) is 14.4. The van der Waals surface area contributed by atoms with Crippen molar-refractivity contribution in [3.8, 4) is 0 Å². The molecule has 1 N–H and O–H groups in total. The van der Waals surface area contributed by atoms with Crippen LogP contribution in [0.15, 0.2) is 24.7 Å². The fourth-order valence-electron chi connectivity index (χ4n) is 3.24. The third kappa shape index (κ3) is 3.79. The number of ether oxygens (including phenoxy) is 1. The highest BCUT2D eigenvalue weighted by Crippen LogP contribution is 2.20. The fraction of sp³-hybridized carbons (Fsp3) is 0.529. The molecule has 0 saturated carbocycles. The molecule has 25 heavy (non-hydrogen) atoms. The zero-order chi connectivity index (χ0) is 17.1. The molecule has 0 amide bonds. The summed E-state index contributed by atoms with van der Waals surface area (Å²) < 4.78 is 5.39. The molecule has 0 aromatic carbocycles. The van der Waals surface area contributed by atoms with E-state index < -0.39 is 0 Å². The molecule has 0 aliphatic carbocycles. The molecule has 1 unspecified atom stereocenters. The van der Waals surface area contributed by atoms with E-state index in [4.69, 9.17) is 4.74 Å². The lowest BCUT2D eigenvalue weighted by molar-refractivity contribution is 0.122. The van der Waals surface area contributed by atoms with Gasteiger partial charge < -0.3 is 19.9 Å². The highest BCUT2D eigenvalue weighted by Gasteiger charge is 2.24. The van der Waals surface area contributed by atoms with Crippen LogP contribution in [0.3, 0.4) is 0 Å². The van der Waals surface area contributed by atoms with E-state index >= 15 is 0 Å². The quantitative estimate of drug-likeness (QED) is 0.886. The third-order valence-corrected chi connectivity index (χ3v) is 4.54. The van der Waals surface area contributed by atoms with E-state index in [0.717, 1.165) is 69.1 Å². The minimum Gasteiger partial charge on any atom is -0.378 e. The van der Waals surface area contributed by atoms with Gasteiger partial charge in [-0.15, -0.1) is 0 Å². The van der Waals surface area contributed by atoms with E-state index in [1.165, 1.54) is 0 Å². The van der Waals surface area contributed by atoms with E-state index in [0.29, 0.717) is 6.04 Å². The molecule has 2 saturated heterocycles. The molecule has 2 aromatic rings. The standard InChI is InChI=1S/C17H23N7O/c1-13-10-18-11-16(20-13)24-5-3-14(12-24)21-15-2-4-19-17(22-15)23-6-8-25-9-7-23/h2,4,10-11,14H,3,5-9,12H2,1H3,(H,19,21,22). The first-order valence-corrected chi connectivity index (χ1v) is 8.74. The number of nitrogens with one attached hydrogen (secondary N) is 1. The van der Waals surface area contributed by atoms with Gasteiger partial charge in [-0.1, -0.05) is 0 Å². The summed E-state index contributed by atoms with van der Waals surface area (Å²) in [5, 5.41) is 3.54. The molecule has 8 nitrogen and oxygen atoms in total. The van der Waals surface area contributed by atoms with Gasteiger partial charge in [0.1, 0.15) is 11.6 Å². The topological polar surface area (TPSA) is 79.3 Å². The van der Waals surface area contributed by atoms with E-state index in [2.05, 4.69) is 35.1 Å². The van der Waals surface area contributed by atoms with Crippen LogP contribution in [0.25, 0.3) is 0 Å². The highest BCUT2D eigenvalue weighted by molar-refractivity contribution is 5.45. The molecule has 2 aliphatic heterocycles. The minimum absolute atomic E-state index is 0.342. The first-order valence-electron chi connectivity index (χ1n) is 8.74. The molecular weight excluding hydrogens is 318 g/mol. The molecule has 2 aromatic heterocycles. The van der Waals surface area contributed by atoms with Crippen LogP contribution >= 0.6 is 0 Å². The van der Waals surface area contributed by atoms with Crippen molar-refractivity contribution in [1.29, 1.82) is 0 Å². The average Bonchev–Trinajstić information content (AvgIpc) is 3.11. The first kappa shape index (κ1) is 16.0. The maximum absolute atomic E-state index is 5.39. The Labute approximate surface area is 147 Å². The molecule has 2 aliphatic rings. The van der Waals surface area contributed by atoms with Crippen molar-refractivity contribution >= 4 is 17.6 Å². The molecule has 0 bridgehead atoms. The number of anilines is 3. The Bertz CT molecular complexity index is 720. The third-order valence-electron chi connectivity index (χ3n) is 4.54. The Hall–Kier alpha value is -2.48. The lowest BCUT2D eigenvalue weighted by atomic mass is 10.2. The lowest BCUT2D eigenvalue weighted by Crippen LogP contribution is -2.37. The number of nitrogens with zero attached hydrogens (tertiary/aromatic N) is 6. The van der Waals surface area contributed by atoms with Gasteiger partial charge in [0.05, 0.1) is 25.1 Å². The molecule has 4 heterocycles. The number of aryl methyl sites for hydroxylation is 1. The number of aromatic nitrogens is 4. The van der Waals surface area contributed by atoms with Crippen LogP contribution < -0.4 is 15.1 Å². The fourth-order valence-corrected chi connectivity index (χ4v) is 3.24. The van der Waals surface area contributed by atoms with Crippen LogP contribution in [0, 0.1) is 6.92 Å². The average molecular weight is 341 g/mol. The normalized spacial score (nSPS) is 20.8. The number of hydrogen-bond donors (Lipinski definition) is 1. The van der Waals surface area contributed by atoms with Crippen LogP contribution in [0.5, 0.6) is 0 Å². The largest absolute Gasteiger partial charge is 0.378 e. The van der Waals surface area contributed by atoms with Crippen molar-refractivity contribution in [3.05, 3.63) is 30.4 Å². The van der Waals surface area contributed by atoms with Crippen molar-refractivity contribution < 1.29 is 4.74 Å².